The van der Waals surface area contributed by atoms with Crippen molar-refractivity contribution >= 4 is 11.8 Å². The third-order valence-electron chi connectivity index (χ3n) is 9.48. The highest BCUT2D eigenvalue weighted by Crippen LogP contribution is 2.76. The third kappa shape index (κ3) is 2.05. The lowest BCUT2D eigenvalue weighted by Gasteiger charge is -2.75. The normalized spacial score (nSPS) is 57.5. The monoisotopic (exact) mass is 438 g/mol. The second-order valence-corrected chi connectivity index (χ2v) is 10.5. The molecule has 0 aromatic carbocycles. The molecule has 4 saturated carbocycles. The number of esters is 1. The minimum absolute atomic E-state index is 0.0794. The zero-order valence-electron chi connectivity index (χ0n) is 17.7. The Morgan fingerprint density at radius 2 is 1.87 bits per heavy atom. The van der Waals surface area contributed by atoms with Crippen LogP contribution in [0.1, 0.15) is 33.1 Å². The second kappa shape index (κ2) is 6.15. The number of carbonyl (C=O) groups is 2. The van der Waals surface area contributed by atoms with Crippen molar-refractivity contribution in [2.45, 2.75) is 63.3 Å². The number of hydrogen-bond donors (Lipinski definition) is 5. The van der Waals surface area contributed by atoms with Crippen LogP contribution in [0.3, 0.4) is 0 Å². The molecule has 11 atom stereocenters. The summed E-state index contributed by atoms with van der Waals surface area (Å²) >= 11 is 0. The number of carbonyl (C=O) groups excluding carboxylic acids is 2. The largest absolute Gasteiger partial charge is 0.465 e. The van der Waals surface area contributed by atoms with Crippen LogP contribution >= 0.6 is 0 Å². The van der Waals surface area contributed by atoms with E-state index in [-0.39, 0.29) is 25.2 Å². The fourth-order valence-electron chi connectivity index (χ4n) is 8.14. The Bertz CT molecular complexity index is 873. The van der Waals surface area contributed by atoms with Crippen molar-refractivity contribution in [2.24, 2.45) is 34.0 Å². The number of aliphatic hydroxyl groups excluding tert-OH is 4. The summed E-state index contributed by atoms with van der Waals surface area (Å²) in [4.78, 5) is 25.0. The number of ketones is 1. The van der Waals surface area contributed by atoms with Crippen LogP contribution in [0.4, 0.5) is 0 Å². The summed E-state index contributed by atoms with van der Waals surface area (Å²) < 4.78 is 11.0. The van der Waals surface area contributed by atoms with Gasteiger partial charge in [-0.15, -0.1) is 0 Å². The molecule has 0 aromatic heterocycles. The molecule has 4 aliphatic carbocycles. The quantitative estimate of drug-likeness (QED) is 0.267. The molecule has 0 radical (unpaired) electrons. The van der Waals surface area contributed by atoms with E-state index in [2.05, 4.69) is 6.58 Å². The predicted molar refractivity (Wildman–Crippen MR) is 103 cm³/mol. The molecule has 31 heavy (non-hydrogen) atoms. The standard InChI is InChI=1S/C22H30O9/c1-9-11-4-5-12-20-8-31-22(29,21(12,16(9)26)17(11)27)18(28)15(20)19(3,7-30-10(2)23)13(24)6-14(20)25/h11-15,17-18,24-25,27-29H,1,4-8H2,2-3H3/t11-,12-,13+,14+,15+,17+,18-,19+,20+,21-,22-/m0/s1. The van der Waals surface area contributed by atoms with Gasteiger partial charge < -0.3 is 35.0 Å². The van der Waals surface area contributed by atoms with E-state index in [9.17, 15) is 35.1 Å². The second-order valence-electron chi connectivity index (χ2n) is 10.5. The molecule has 2 heterocycles. The van der Waals surface area contributed by atoms with E-state index in [0.717, 1.165) is 0 Å². The van der Waals surface area contributed by atoms with Gasteiger partial charge in [-0.2, -0.15) is 0 Å². The maximum Gasteiger partial charge on any atom is 0.302 e. The smallest absolute Gasteiger partial charge is 0.302 e. The van der Waals surface area contributed by atoms with Crippen molar-refractivity contribution in [3.63, 3.8) is 0 Å². The van der Waals surface area contributed by atoms with Crippen LogP contribution in [-0.2, 0) is 19.1 Å². The van der Waals surface area contributed by atoms with Crippen molar-refractivity contribution in [3.8, 4) is 0 Å². The number of aliphatic hydroxyl groups is 5. The van der Waals surface area contributed by atoms with Crippen LogP contribution in [0, 0.1) is 34.0 Å². The minimum Gasteiger partial charge on any atom is -0.465 e. The lowest BCUT2D eigenvalue weighted by Crippen LogP contribution is -2.87. The summed E-state index contributed by atoms with van der Waals surface area (Å²) in [5, 5.41) is 56.8. The Labute approximate surface area is 179 Å². The first kappa shape index (κ1) is 21.5. The first-order chi connectivity index (χ1) is 14.4. The zero-order valence-corrected chi connectivity index (χ0v) is 17.7. The molecule has 5 N–H and O–H groups in total. The summed E-state index contributed by atoms with van der Waals surface area (Å²) in [7, 11) is 0. The van der Waals surface area contributed by atoms with Crippen LogP contribution in [0.15, 0.2) is 12.2 Å². The van der Waals surface area contributed by atoms with Gasteiger partial charge in [0.2, 0.25) is 5.79 Å². The minimum atomic E-state index is -2.42. The van der Waals surface area contributed by atoms with Gasteiger partial charge in [0.15, 0.2) is 5.78 Å². The number of fused-ring (bicyclic) bond motifs is 2. The Morgan fingerprint density at radius 3 is 2.52 bits per heavy atom. The molecule has 2 saturated heterocycles. The van der Waals surface area contributed by atoms with Gasteiger partial charge in [-0.25, -0.2) is 0 Å². The van der Waals surface area contributed by atoms with Gasteiger partial charge in [-0.05, 0) is 24.3 Å². The first-order valence-electron chi connectivity index (χ1n) is 10.9. The molecule has 9 heteroatoms. The Kier molecular flexibility index (Phi) is 4.26. The van der Waals surface area contributed by atoms with Gasteiger partial charge in [0.1, 0.15) is 11.5 Å². The van der Waals surface area contributed by atoms with Crippen molar-refractivity contribution in [1.29, 1.82) is 0 Å². The third-order valence-corrected chi connectivity index (χ3v) is 9.48. The summed E-state index contributed by atoms with van der Waals surface area (Å²) in [5.41, 5.74) is -4.09. The van der Waals surface area contributed by atoms with E-state index >= 15 is 0 Å². The summed E-state index contributed by atoms with van der Waals surface area (Å²) in [6.07, 6.45) is -4.53. The van der Waals surface area contributed by atoms with Crippen molar-refractivity contribution < 1.29 is 44.6 Å². The van der Waals surface area contributed by atoms with Gasteiger partial charge in [0.25, 0.3) is 0 Å². The van der Waals surface area contributed by atoms with Gasteiger partial charge in [-0.1, -0.05) is 13.5 Å². The molecule has 2 aliphatic heterocycles. The molecule has 6 fully saturated rings. The number of hydrogen-bond acceptors (Lipinski definition) is 9. The molecule has 4 bridgehead atoms. The van der Waals surface area contributed by atoms with Crippen LogP contribution < -0.4 is 0 Å². The highest BCUT2D eigenvalue weighted by atomic mass is 16.6. The van der Waals surface area contributed by atoms with Crippen molar-refractivity contribution in [1.82, 2.24) is 0 Å². The molecular weight excluding hydrogens is 408 g/mol. The molecule has 6 aliphatic rings. The lowest BCUT2D eigenvalue weighted by molar-refractivity contribution is -0.464. The molecule has 172 valence electrons. The molecule has 0 aromatic rings. The van der Waals surface area contributed by atoms with Gasteiger partial charge in [0.05, 0.1) is 31.5 Å². The van der Waals surface area contributed by atoms with E-state index in [4.69, 9.17) is 9.47 Å². The maximum atomic E-state index is 13.5. The fraction of sp³-hybridized carbons (Fsp3) is 0.818. The van der Waals surface area contributed by atoms with Gasteiger partial charge >= 0.3 is 5.97 Å². The number of ether oxygens (including phenoxy) is 2. The molecule has 6 rings (SSSR count). The molecule has 2 spiro atoms. The summed E-state index contributed by atoms with van der Waals surface area (Å²) in [6, 6.07) is 0. The number of rotatable bonds is 2. The Morgan fingerprint density at radius 1 is 1.19 bits per heavy atom. The van der Waals surface area contributed by atoms with Crippen LogP contribution in [0.25, 0.3) is 0 Å². The van der Waals surface area contributed by atoms with Gasteiger partial charge in [-0.3, -0.25) is 9.59 Å². The van der Waals surface area contributed by atoms with E-state index in [1.807, 2.05) is 0 Å². The molecule has 0 amide bonds. The predicted octanol–water partition coefficient (Wildman–Crippen LogP) is -1.11. The molecular formula is C22H30O9. The average molecular weight is 438 g/mol. The Balaban J connectivity index is 1.73. The first-order valence-corrected chi connectivity index (χ1v) is 10.9. The van der Waals surface area contributed by atoms with E-state index in [1.54, 1.807) is 6.92 Å². The lowest BCUT2D eigenvalue weighted by atomic mass is 9.35. The van der Waals surface area contributed by atoms with Crippen LogP contribution in [0.5, 0.6) is 0 Å². The number of Topliss-reactive ketones (excluding diaryl/α,β-unsaturated/α-hetero) is 1. The average Bonchev–Trinajstić information content (AvgIpc) is 2.81. The van der Waals surface area contributed by atoms with E-state index in [1.165, 1.54) is 6.92 Å². The summed E-state index contributed by atoms with van der Waals surface area (Å²) in [5.74, 6) is -5.72. The zero-order chi connectivity index (χ0) is 22.7. The molecule has 9 nitrogen and oxygen atoms in total. The highest BCUT2D eigenvalue weighted by Gasteiger charge is 2.87. The fourth-order valence-corrected chi connectivity index (χ4v) is 8.14. The topological polar surface area (TPSA) is 154 Å². The molecule has 0 unspecified atom stereocenters. The Hall–Kier alpha value is -1.36. The van der Waals surface area contributed by atoms with Crippen molar-refractivity contribution in [3.05, 3.63) is 12.2 Å². The van der Waals surface area contributed by atoms with Crippen LogP contribution in [-0.4, -0.2) is 80.7 Å². The van der Waals surface area contributed by atoms with Gasteiger partial charge in [0, 0.05) is 36.0 Å². The van der Waals surface area contributed by atoms with Crippen LogP contribution in [0.2, 0.25) is 0 Å². The van der Waals surface area contributed by atoms with Crippen molar-refractivity contribution in [2.75, 3.05) is 13.2 Å². The highest BCUT2D eigenvalue weighted by molar-refractivity contribution is 6.05. The maximum absolute atomic E-state index is 13.5. The van der Waals surface area contributed by atoms with E-state index < -0.39 is 76.0 Å². The summed E-state index contributed by atoms with van der Waals surface area (Å²) in [6.45, 7) is 6.34. The van der Waals surface area contributed by atoms with E-state index in [0.29, 0.717) is 12.8 Å². The SMILES string of the molecule is C=C1C(=O)[C@]23[C@H](O)[C@H]1CC[C@H]2[C@@]12CO[C@@]3(O)[C@@H](O)[C@@H]1[C@](C)(COC(C)=O)[C@H](O)C[C@H]2O.